The lowest BCUT2D eigenvalue weighted by molar-refractivity contribution is -0.125. The standard InChI is InChI=1S/C16H22N2O.ClH/c1-11-4-3-5-12(2)15(11)17-16(19)14-10-13-6-8-18(14)9-7-13;/h3-5,13-14H,6-10H2,1-2H3,(H,17,19);1H. The van der Waals surface area contributed by atoms with E-state index < -0.39 is 0 Å². The van der Waals surface area contributed by atoms with Gasteiger partial charge < -0.3 is 5.32 Å². The van der Waals surface area contributed by atoms with E-state index in [4.69, 9.17) is 0 Å². The third-order valence-corrected chi connectivity index (χ3v) is 4.68. The Hall–Kier alpha value is -1.06. The van der Waals surface area contributed by atoms with Crippen LogP contribution in [0.4, 0.5) is 5.69 Å². The van der Waals surface area contributed by atoms with Gasteiger partial charge in [0.05, 0.1) is 6.04 Å². The minimum atomic E-state index is 0. The average molecular weight is 295 g/mol. The maximum Gasteiger partial charge on any atom is 0.241 e. The van der Waals surface area contributed by atoms with Gasteiger partial charge in [-0.2, -0.15) is 0 Å². The molecular weight excluding hydrogens is 272 g/mol. The minimum absolute atomic E-state index is 0. The Morgan fingerprint density at radius 3 is 2.30 bits per heavy atom. The van der Waals surface area contributed by atoms with E-state index in [1.807, 2.05) is 6.07 Å². The molecule has 3 fully saturated rings. The average Bonchev–Trinajstić information content (AvgIpc) is 2.44. The zero-order valence-electron chi connectivity index (χ0n) is 12.2. The van der Waals surface area contributed by atoms with Crippen LogP contribution in [-0.2, 0) is 4.79 Å². The summed E-state index contributed by atoms with van der Waals surface area (Å²) < 4.78 is 0. The van der Waals surface area contributed by atoms with Gasteiger partial charge in [-0.05, 0) is 63.2 Å². The van der Waals surface area contributed by atoms with Crippen molar-refractivity contribution in [3.8, 4) is 0 Å². The Labute approximate surface area is 127 Å². The Morgan fingerprint density at radius 2 is 1.80 bits per heavy atom. The van der Waals surface area contributed by atoms with E-state index in [0.717, 1.165) is 42.2 Å². The number of amides is 1. The van der Waals surface area contributed by atoms with Crippen molar-refractivity contribution >= 4 is 24.0 Å². The number of aryl methyl sites for hydroxylation is 2. The van der Waals surface area contributed by atoms with Crippen LogP contribution < -0.4 is 5.32 Å². The van der Waals surface area contributed by atoms with Gasteiger partial charge in [0.2, 0.25) is 5.91 Å². The molecule has 4 rings (SSSR count). The Kier molecular flexibility index (Phi) is 4.71. The molecule has 1 atom stereocenters. The van der Waals surface area contributed by atoms with E-state index in [1.165, 1.54) is 12.8 Å². The number of halogens is 1. The highest BCUT2D eigenvalue weighted by Gasteiger charge is 2.37. The lowest BCUT2D eigenvalue weighted by atomic mass is 9.83. The van der Waals surface area contributed by atoms with Gasteiger partial charge in [0.25, 0.3) is 0 Å². The summed E-state index contributed by atoms with van der Waals surface area (Å²) in [6, 6.07) is 6.23. The molecule has 3 saturated heterocycles. The summed E-state index contributed by atoms with van der Waals surface area (Å²) in [7, 11) is 0. The molecule has 1 N–H and O–H groups in total. The Morgan fingerprint density at radius 1 is 1.20 bits per heavy atom. The van der Waals surface area contributed by atoms with Gasteiger partial charge >= 0.3 is 0 Å². The van der Waals surface area contributed by atoms with Crippen LogP contribution in [-0.4, -0.2) is 29.9 Å². The predicted molar refractivity (Wildman–Crippen MR) is 84.5 cm³/mol. The smallest absolute Gasteiger partial charge is 0.241 e. The summed E-state index contributed by atoms with van der Waals surface area (Å²) in [5.74, 6) is 0.945. The molecule has 3 nitrogen and oxygen atoms in total. The number of carbonyl (C=O) groups is 1. The zero-order chi connectivity index (χ0) is 13.4. The first kappa shape index (κ1) is 15.3. The first-order chi connectivity index (χ1) is 9.15. The number of benzene rings is 1. The van der Waals surface area contributed by atoms with Crippen molar-refractivity contribution in [1.29, 1.82) is 0 Å². The molecule has 4 heteroatoms. The highest BCUT2D eigenvalue weighted by atomic mass is 35.5. The molecule has 1 aromatic carbocycles. The number of carbonyl (C=O) groups excluding carboxylic acids is 1. The van der Waals surface area contributed by atoms with Gasteiger partial charge in [0, 0.05) is 5.69 Å². The molecule has 0 radical (unpaired) electrons. The number of hydrogen-bond acceptors (Lipinski definition) is 2. The van der Waals surface area contributed by atoms with Crippen LogP contribution in [0.2, 0.25) is 0 Å². The number of piperidine rings is 3. The molecule has 0 aliphatic carbocycles. The van der Waals surface area contributed by atoms with E-state index in [9.17, 15) is 4.79 Å². The monoisotopic (exact) mass is 294 g/mol. The van der Waals surface area contributed by atoms with Crippen LogP contribution in [0.1, 0.15) is 30.4 Å². The first-order valence-corrected chi connectivity index (χ1v) is 7.26. The molecule has 20 heavy (non-hydrogen) atoms. The molecule has 110 valence electrons. The molecule has 1 aromatic rings. The van der Waals surface area contributed by atoms with Gasteiger partial charge in [-0.15, -0.1) is 12.4 Å². The van der Waals surface area contributed by atoms with Gasteiger partial charge in [0.1, 0.15) is 0 Å². The highest BCUT2D eigenvalue weighted by molar-refractivity contribution is 5.96. The third-order valence-electron chi connectivity index (χ3n) is 4.68. The van der Waals surface area contributed by atoms with Crippen LogP contribution in [0.5, 0.6) is 0 Å². The fourth-order valence-electron chi connectivity index (χ4n) is 3.46. The second-order valence-electron chi connectivity index (χ2n) is 5.99. The van der Waals surface area contributed by atoms with Gasteiger partial charge in [0.15, 0.2) is 0 Å². The van der Waals surface area contributed by atoms with Crippen molar-refractivity contribution < 1.29 is 4.79 Å². The highest BCUT2D eigenvalue weighted by Crippen LogP contribution is 2.32. The van der Waals surface area contributed by atoms with Crippen LogP contribution >= 0.6 is 12.4 Å². The molecule has 2 bridgehead atoms. The maximum absolute atomic E-state index is 12.5. The van der Waals surface area contributed by atoms with Crippen molar-refractivity contribution in [2.45, 2.75) is 39.2 Å². The van der Waals surface area contributed by atoms with Crippen molar-refractivity contribution in [1.82, 2.24) is 4.90 Å². The van der Waals surface area contributed by atoms with E-state index >= 15 is 0 Å². The van der Waals surface area contributed by atoms with E-state index in [-0.39, 0.29) is 24.4 Å². The minimum Gasteiger partial charge on any atom is -0.324 e. The number of nitrogens with zero attached hydrogens (tertiary/aromatic N) is 1. The summed E-state index contributed by atoms with van der Waals surface area (Å²) >= 11 is 0. The lowest BCUT2D eigenvalue weighted by Crippen LogP contribution is -2.53. The normalized spacial score (nSPS) is 27.8. The quantitative estimate of drug-likeness (QED) is 0.909. The number of rotatable bonds is 2. The zero-order valence-corrected chi connectivity index (χ0v) is 13.0. The van der Waals surface area contributed by atoms with Crippen LogP contribution in [0.15, 0.2) is 18.2 Å². The largest absolute Gasteiger partial charge is 0.324 e. The molecule has 1 amide bonds. The molecule has 3 aliphatic rings. The van der Waals surface area contributed by atoms with Crippen LogP contribution in [0, 0.1) is 19.8 Å². The Balaban J connectivity index is 0.00000147. The first-order valence-electron chi connectivity index (χ1n) is 7.26. The molecule has 0 saturated carbocycles. The maximum atomic E-state index is 12.5. The number of para-hydroxylation sites is 1. The fourth-order valence-corrected chi connectivity index (χ4v) is 3.46. The van der Waals surface area contributed by atoms with E-state index in [1.54, 1.807) is 0 Å². The van der Waals surface area contributed by atoms with E-state index in [2.05, 4.69) is 36.2 Å². The van der Waals surface area contributed by atoms with Crippen LogP contribution in [0.3, 0.4) is 0 Å². The van der Waals surface area contributed by atoms with Crippen molar-refractivity contribution in [3.63, 3.8) is 0 Å². The van der Waals surface area contributed by atoms with Gasteiger partial charge in [-0.3, -0.25) is 9.69 Å². The van der Waals surface area contributed by atoms with Crippen molar-refractivity contribution in [3.05, 3.63) is 29.3 Å². The molecular formula is C16H23ClN2O. The fraction of sp³-hybridized carbons (Fsp3) is 0.562. The van der Waals surface area contributed by atoms with Gasteiger partial charge in [-0.1, -0.05) is 18.2 Å². The molecule has 3 aliphatic heterocycles. The summed E-state index contributed by atoms with van der Waals surface area (Å²) in [6.07, 6.45) is 3.58. The topological polar surface area (TPSA) is 32.3 Å². The summed E-state index contributed by atoms with van der Waals surface area (Å²) in [6.45, 7) is 6.29. The molecule has 0 aromatic heterocycles. The second kappa shape index (κ2) is 6.15. The molecule has 3 heterocycles. The third kappa shape index (κ3) is 2.84. The lowest BCUT2D eigenvalue weighted by Gasteiger charge is -2.44. The number of fused-ring (bicyclic) bond motifs is 3. The predicted octanol–water partition coefficient (Wildman–Crippen LogP) is 3.15. The SMILES string of the molecule is Cc1cccc(C)c1NC(=O)C1CC2CCN1CC2.Cl. The second-order valence-corrected chi connectivity index (χ2v) is 5.99. The van der Waals surface area contributed by atoms with Crippen molar-refractivity contribution in [2.24, 2.45) is 5.92 Å². The number of anilines is 1. The van der Waals surface area contributed by atoms with Crippen LogP contribution in [0.25, 0.3) is 0 Å². The number of nitrogens with one attached hydrogen (secondary N) is 1. The number of hydrogen-bond donors (Lipinski definition) is 1. The Bertz CT molecular complexity index is 475. The molecule has 0 spiro atoms. The summed E-state index contributed by atoms with van der Waals surface area (Å²) in [5.41, 5.74) is 3.28. The summed E-state index contributed by atoms with van der Waals surface area (Å²) in [5, 5.41) is 3.15. The molecule has 1 unspecified atom stereocenters. The van der Waals surface area contributed by atoms with Crippen molar-refractivity contribution in [2.75, 3.05) is 18.4 Å². The summed E-state index contributed by atoms with van der Waals surface area (Å²) in [4.78, 5) is 14.9. The van der Waals surface area contributed by atoms with Gasteiger partial charge in [-0.25, -0.2) is 0 Å². The van der Waals surface area contributed by atoms with E-state index in [0.29, 0.717) is 0 Å².